The normalized spacial score (nSPS) is 52.6. The SMILES string of the molecule is CC.CCP1C2(C)CCC23CC2(CC13C)OCCO2. The number of ether oxygens (including phenoxy) is 2. The fourth-order valence-corrected chi connectivity index (χ4v) is 11.0. The van der Waals surface area contributed by atoms with Gasteiger partial charge < -0.3 is 9.47 Å². The van der Waals surface area contributed by atoms with E-state index in [-0.39, 0.29) is 13.7 Å². The minimum atomic E-state index is -0.178. The van der Waals surface area contributed by atoms with Crippen molar-refractivity contribution in [3.05, 3.63) is 0 Å². The third kappa shape index (κ3) is 1.35. The molecule has 2 aliphatic heterocycles. The molecule has 19 heavy (non-hydrogen) atoms. The number of hydrogen-bond acceptors (Lipinski definition) is 2. The lowest BCUT2D eigenvalue weighted by atomic mass is 9.53. The Bertz CT molecular complexity index is 379. The van der Waals surface area contributed by atoms with Crippen LogP contribution >= 0.6 is 7.92 Å². The summed E-state index contributed by atoms with van der Waals surface area (Å²) in [6.45, 7) is 13.1. The van der Waals surface area contributed by atoms with E-state index in [0.717, 1.165) is 13.2 Å². The zero-order valence-corrected chi connectivity index (χ0v) is 14.1. The van der Waals surface area contributed by atoms with Crippen LogP contribution in [0.2, 0.25) is 0 Å². The minimum absolute atomic E-state index is 0.175. The van der Waals surface area contributed by atoms with E-state index in [1.807, 2.05) is 13.8 Å². The monoisotopic (exact) mass is 284 g/mol. The van der Waals surface area contributed by atoms with Crippen molar-refractivity contribution in [3.63, 3.8) is 0 Å². The number of hydrogen-bond donors (Lipinski definition) is 0. The van der Waals surface area contributed by atoms with Crippen LogP contribution in [0.15, 0.2) is 0 Å². The van der Waals surface area contributed by atoms with Gasteiger partial charge in [0, 0.05) is 18.0 Å². The lowest BCUT2D eigenvalue weighted by Gasteiger charge is -2.79. The average Bonchev–Trinajstić information content (AvgIpc) is 2.95. The van der Waals surface area contributed by atoms with E-state index in [2.05, 4.69) is 20.8 Å². The standard InChI is InChI=1S/C14H23O2P.C2H6/c1-4-17-11(2)5-6-13(11)10-14(9-12(13,17)3)15-7-8-16-14;1-2/h4-10H2,1-3H3;1-2H3. The average molecular weight is 284 g/mol. The molecule has 0 aromatic carbocycles. The van der Waals surface area contributed by atoms with Gasteiger partial charge in [-0.1, -0.05) is 42.5 Å². The second kappa shape index (κ2) is 4.18. The minimum Gasteiger partial charge on any atom is -0.347 e. The molecule has 2 aliphatic carbocycles. The summed E-state index contributed by atoms with van der Waals surface area (Å²) in [5, 5.41) is 1.21. The van der Waals surface area contributed by atoms with Crippen LogP contribution < -0.4 is 0 Å². The Morgan fingerprint density at radius 1 is 0.947 bits per heavy atom. The van der Waals surface area contributed by atoms with Crippen LogP contribution in [0.4, 0.5) is 0 Å². The molecule has 0 bridgehead atoms. The summed E-state index contributed by atoms with van der Waals surface area (Å²) in [6, 6.07) is 0. The highest BCUT2D eigenvalue weighted by Crippen LogP contribution is 2.94. The van der Waals surface area contributed by atoms with Crippen LogP contribution in [0.1, 0.15) is 60.3 Å². The molecule has 4 aliphatic rings. The highest BCUT2D eigenvalue weighted by Gasteiger charge is 2.84. The topological polar surface area (TPSA) is 18.5 Å². The first-order valence-corrected chi connectivity index (χ1v) is 9.60. The fourth-order valence-electron chi connectivity index (χ4n) is 5.96. The van der Waals surface area contributed by atoms with E-state index in [1.165, 1.54) is 31.8 Å². The van der Waals surface area contributed by atoms with Gasteiger partial charge in [0.25, 0.3) is 0 Å². The lowest BCUT2D eigenvalue weighted by Crippen LogP contribution is -2.72. The zero-order chi connectivity index (χ0) is 13.9. The summed E-state index contributed by atoms with van der Waals surface area (Å²) < 4.78 is 12.0. The van der Waals surface area contributed by atoms with Gasteiger partial charge in [-0.15, -0.1) is 0 Å². The van der Waals surface area contributed by atoms with Crippen LogP contribution in [0.3, 0.4) is 0 Å². The van der Waals surface area contributed by atoms with E-state index >= 15 is 0 Å². The summed E-state index contributed by atoms with van der Waals surface area (Å²) in [5.41, 5.74) is 0.575. The first kappa shape index (κ1) is 14.3. The molecule has 4 fully saturated rings. The van der Waals surface area contributed by atoms with Crippen molar-refractivity contribution in [1.29, 1.82) is 0 Å². The third-order valence-electron chi connectivity index (χ3n) is 6.61. The van der Waals surface area contributed by atoms with Gasteiger partial charge in [0.15, 0.2) is 5.79 Å². The van der Waals surface area contributed by atoms with Crippen molar-refractivity contribution in [2.45, 2.75) is 76.4 Å². The molecule has 4 unspecified atom stereocenters. The Labute approximate surface area is 119 Å². The molecule has 0 radical (unpaired) electrons. The van der Waals surface area contributed by atoms with Gasteiger partial charge in [0.1, 0.15) is 0 Å². The van der Waals surface area contributed by atoms with Crippen molar-refractivity contribution in [2.24, 2.45) is 5.41 Å². The van der Waals surface area contributed by atoms with Crippen molar-refractivity contribution in [3.8, 4) is 0 Å². The van der Waals surface area contributed by atoms with Crippen LogP contribution in [0.25, 0.3) is 0 Å². The lowest BCUT2D eigenvalue weighted by molar-refractivity contribution is -0.162. The molecule has 4 rings (SSSR count). The van der Waals surface area contributed by atoms with Crippen LogP contribution in [-0.2, 0) is 9.47 Å². The second-order valence-electron chi connectivity index (χ2n) is 6.84. The first-order chi connectivity index (χ1) is 9.02. The maximum atomic E-state index is 6.02. The Kier molecular flexibility index (Phi) is 3.15. The molecule has 0 amide bonds. The first-order valence-electron chi connectivity index (χ1n) is 8.08. The molecule has 0 aromatic heterocycles. The second-order valence-corrected chi connectivity index (χ2v) is 10.3. The molecule has 2 saturated carbocycles. The summed E-state index contributed by atoms with van der Waals surface area (Å²) in [5.74, 6) is -0.178. The van der Waals surface area contributed by atoms with Gasteiger partial charge in [-0.3, -0.25) is 0 Å². The summed E-state index contributed by atoms with van der Waals surface area (Å²) >= 11 is 0. The fraction of sp³-hybridized carbons (Fsp3) is 1.00. The maximum absolute atomic E-state index is 6.02. The molecule has 110 valence electrons. The highest BCUT2D eigenvalue weighted by molar-refractivity contribution is 7.63. The van der Waals surface area contributed by atoms with Gasteiger partial charge in [0.2, 0.25) is 0 Å². The van der Waals surface area contributed by atoms with Gasteiger partial charge >= 0.3 is 0 Å². The van der Waals surface area contributed by atoms with Gasteiger partial charge in [-0.05, 0) is 29.6 Å². The predicted octanol–water partition coefficient (Wildman–Crippen LogP) is 4.36. The Balaban J connectivity index is 0.000000528. The summed E-state index contributed by atoms with van der Waals surface area (Å²) in [4.78, 5) is 0. The number of rotatable bonds is 1. The van der Waals surface area contributed by atoms with E-state index in [9.17, 15) is 0 Å². The van der Waals surface area contributed by atoms with E-state index in [0.29, 0.717) is 15.7 Å². The predicted molar refractivity (Wildman–Crippen MR) is 81.2 cm³/mol. The molecular formula is C16H29O2P. The van der Waals surface area contributed by atoms with E-state index in [1.54, 1.807) is 0 Å². The van der Waals surface area contributed by atoms with Crippen LogP contribution in [-0.4, -0.2) is 35.5 Å². The molecule has 2 heterocycles. The van der Waals surface area contributed by atoms with Gasteiger partial charge in [-0.25, -0.2) is 0 Å². The van der Waals surface area contributed by atoms with Crippen molar-refractivity contribution >= 4 is 7.92 Å². The Morgan fingerprint density at radius 2 is 1.58 bits per heavy atom. The van der Waals surface area contributed by atoms with Crippen LogP contribution in [0, 0.1) is 5.41 Å². The molecule has 4 atom stereocenters. The van der Waals surface area contributed by atoms with Gasteiger partial charge in [-0.2, -0.15) is 0 Å². The molecule has 2 spiro atoms. The highest BCUT2D eigenvalue weighted by atomic mass is 31.1. The van der Waals surface area contributed by atoms with Crippen molar-refractivity contribution in [2.75, 3.05) is 19.4 Å². The van der Waals surface area contributed by atoms with E-state index < -0.39 is 0 Å². The quantitative estimate of drug-likeness (QED) is 0.666. The molecular weight excluding hydrogens is 255 g/mol. The smallest absolute Gasteiger partial charge is 0.169 e. The van der Waals surface area contributed by atoms with Crippen molar-refractivity contribution in [1.82, 2.24) is 0 Å². The largest absolute Gasteiger partial charge is 0.347 e. The molecule has 2 nitrogen and oxygen atoms in total. The van der Waals surface area contributed by atoms with E-state index in [4.69, 9.17) is 9.47 Å². The van der Waals surface area contributed by atoms with Crippen molar-refractivity contribution < 1.29 is 9.47 Å². The van der Waals surface area contributed by atoms with Gasteiger partial charge in [0.05, 0.1) is 13.2 Å². The zero-order valence-electron chi connectivity index (χ0n) is 13.2. The maximum Gasteiger partial charge on any atom is 0.169 e. The molecule has 2 saturated heterocycles. The Morgan fingerprint density at radius 3 is 2.05 bits per heavy atom. The molecule has 3 heteroatoms. The Hall–Kier alpha value is 0.350. The summed E-state index contributed by atoms with van der Waals surface area (Å²) in [7, 11) is 0.175. The molecule has 0 N–H and O–H groups in total. The third-order valence-corrected chi connectivity index (χ3v) is 10.9. The van der Waals surface area contributed by atoms with Crippen LogP contribution in [0.5, 0.6) is 0 Å². The summed E-state index contributed by atoms with van der Waals surface area (Å²) in [6.07, 6.45) is 6.63. The molecule has 0 aromatic rings.